The average molecular weight is 300 g/mol. The van der Waals surface area contributed by atoms with Crippen LogP contribution in [0.25, 0.3) is 0 Å². The molecule has 1 fully saturated rings. The molecular formula is C17H24N4O. The Labute approximate surface area is 131 Å². The van der Waals surface area contributed by atoms with Crippen molar-refractivity contribution in [1.29, 1.82) is 0 Å². The van der Waals surface area contributed by atoms with Crippen LogP contribution in [0.3, 0.4) is 0 Å². The molecule has 5 heteroatoms. The topological polar surface area (TPSA) is 54.2 Å². The molecule has 0 saturated carbocycles. The van der Waals surface area contributed by atoms with Gasteiger partial charge in [0.25, 0.3) is 0 Å². The van der Waals surface area contributed by atoms with E-state index in [1.54, 1.807) is 10.9 Å². The summed E-state index contributed by atoms with van der Waals surface area (Å²) in [4.78, 5) is 6.56. The highest BCUT2D eigenvalue weighted by atomic mass is 16.3. The molecule has 1 N–H and O–H groups in total. The number of likely N-dealkylation sites (tertiary alicyclic amines) is 1. The number of aliphatic hydroxyl groups excluding tert-OH is 1. The van der Waals surface area contributed by atoms with E-state index >= 15 is 0 Å². The van der Waals surface area contributed by atoms with E-state index in [1.165, 1.54) is 18.4 Å². The predicted octanol–water partition coefficient (Wildman–Crippen LogP) is 1.59. The van der Waals surface area contributed by atoms with E-state index in [-0.39, 0.29) is 6.10 Å². The molecule has 1 atom stereocenters. The fourth-order valence-corrected chi connectivity index (χ4v) is 3.21. The molecule has 1 unspecified atom stereocenters. The second-order valence-corrected chi connectivity index (χ2v) is 6.19. The molecule has 0 radical (unpaired) electrons. The maximum absolute atomic E-state index is 10.2. The first-order valence-electron chi connectivity index (χ1n) is 8.06. The summed E-state index contributed by atoms with van der Waals surface area (Å²) in [7, 11) is 0. The van der Waals surface area contributed by atoms with Gasteiger partial charge in [-0.05, 0) is 56.0 Å². The normalized spacial score (nSPS) is 18.4. The molecule has 2 aromatic heterocycles. The van der Waals surface area contributed by atoms with Crippen molar-refractivity contribution in [2.75, 3.05) is 19.6 Å². The van der Waals surface area contributed by atoms with E-state index in [4.69, 9.17) is 0 Å². The first kappa shape index (κ1) is 15.2. The van der Waals surface area contributed by atoms with Gasteiger partial charge in [0.15, 0.2) is 0 Å². The Bertz CT molecular complexity index is 535. The van der Waals surface area contributed by atoms with E-state index in [2.05, 4.69) is 21.0 Å². The van der Waals surface area contributed by atoms with Gasteiger partial charge in [-0.25, -0.2) is 0 Å². The van der Waals surface area contributed by atoms with Crippen molar-refractivity contribution in [2.45, 2.75) is 31.9 Å². The molecular weight excluding hydrogens is 276 g/mol. The number of pyridine rings is 1. The van der Waals surface area contributed by atoms with Gasteiger partial charge in [0.05, 0.1) is 12.6 Å². The van der Waals surface area contributed by atoms with Crippen LogP contribution in [0.5, 0.6) is 0 Å². The van der Waals surface area contributed by atoms with Crippen molar-refractivity contribution in [3.05, 3.63) is 48.5 Å². The number of aromatic nitrogens is 3. The third-order valence-corrected chi connectivity index (χ3v) is 4.38. The van der Waals surface area contributed by atoms with Crippen LogP contribution in [0.15, 0.2) is 43.0 Å². The third kappa shape index (κ3) is 4.39. The molecule has 0 aromatic carbocycles. The number of β-amino-alcohol motifs (C(OH)–C–C–N with tert-alkyl or cyclic N) is 1. The number of aliphatic hydroxyl groups is 1. The highest BCUT2D eigenvalue weighted by Gasteiger charge is 2.21. The SMILES string of the molecule is OC(CN1CCC(Cc2cccnc2)CC1)Cn1cccn1. The molecule has 0 spiro atoms. The van der Waals surface area contributed by atoms with Gasteiger partial charge in [-0.3, -0.25) is 9.67 Å². The number of rotatable bonds is 6. The van der Waals surface area contributed by atoms with Crippen molar-refractivity contribution >= 4 is 0 Å². The molecule has 5 nitrogen and oxygen atoms in total. The average Bonchev–Trinajstić information content (AvgIpc) is 3.03. The zero-order valence-electron chi connectivity index (χ0n) is 12.9. The van der Waals surface area contributed by atoms with Crippen LogP contribution in [0, 0.1) is 5.92 Å². The highest BCUT2D eigenvalue weighted by Crippen LogP contribution is 2.21. The van der Waals surface area contributed by atoms with E-state index in [1.807, 2.05) is 30.7 Å². The van der Waals surface area contributed by atoms with E-state index in [9.17, 15) is 5.11 Å². The van der Waals surface area contributed by atoms with Crippen molar-refractivity contribution in [3.63, 3.8) is 0 Å². The summed E-state index contributed by atoms with van der Waals surface area (Å²) in [5.41, 5.74) is 1.33. The summed E-state index contributed by atoms with van der Waals surface area (Å²) in [5, 5.41) is 14.3. The fraction of sp³-hybridized carbons (Fsp3) is 0.529. The largest absolute Gasteiger partial charge is 0.390 e. The standard InChI is InChI=1S/C17H24N4O/c22-17(14-21-8-2-7-19-21)13-20-9-4-15(5-10-20)11-16-3-1-6-18-12-16/h1-3,6-8,12,15,17,22H,4-5,9-11,13-14H2. The quantitative estimate of drug-likeness (QED) is 0.880. The molecule has 1 aliphatic rings. The zero-order chi connectivity index (χ0) is 15.2. The van der Waals surface area contributed by atoms with Gasteiger partial charge < -0.3 is 10.0 Å². The third-order valence-electron chi connectivity index (χ3n) is 4.38. The van der Waals surface area contributed by atoms with Crippen molar-refractivity contribution in [2.24, 2.45) is 5.92 Å². The van der Waals surface area contributed by atoms with Crippen LogP contribution in [0.4, 0.5) is 0 Å². The molecule has 22 heavy (non-hydrogen) atoms. The molecule has 0 aliphatic carbocycles. The van der Waals surface area contributed by atoms with Gasteiger partial charge in [-0.2, -0.15) is 5.10 Å². The molecule has 0 amide bonds. The maximum Gasteiger partial charge on any atom is 0.0862 e. The van der Waals surface area contributed by atoms with Crippen LogP contribution >= 0.6 is 0 Å². The van der Waals surface area contributed by atoms with Gasteiger partial charge in [0.2, 0.25) is 0 Å². The molecule has 1 saturated heterocycles. The Balaban J connectivity index is 1.40. The Hall–Kier alpha value is -1.72. The van der Waals surface area contributed by atoms with Crippen LogP contribution in [0.2, 0.25) is 0 Å². The summed E-state index contributed by atoms with van der Waals surface area (Å²) < 4.78 is 1.79. The summed E-state index contributed by atoms with van der Waals surface area (Å²) in [6.45, 7) is 3.45. The van der Waals surface area contributed by atoms with Crippen LogP contribution < -0.4 is 0 Å². The Morgan fingerprint density at radius 1 is 1.18 bits per heavy atom. The van der Waals surface area contributed by atoms with Crippen LogP contribution in [-0.4, -0.2) is 50.5 Å². The van der Waals surface area contributed by atoms with Crippen molar-refractivity contribution in [1.82, 2.24) is 19.7 Å². The summed E-state index contributed by atoms with van der Waals surface area (Å²) in [6, 6.07) is 6.06. The molecule has 2 aromatic rings. The monoisotopic (exact) mass is 300 g/mol. The lowest BCUT2D eigenvalue weighted by atomic mass is 9.90. The molecule has 118 valence electrons. The second kappa shape index (κ2) is 7.51. The second-order valence-electron chi connectivity index (χ2n) is 6.19. The zero-order valence-corrected chi connectivity index (χ0v) is 12.9. The molecule has 1 aliphatic heterocycles. The highest BCUT2D eigenvalue weighted by molar-refractivity contribution is 5.09. The molecule has 3 heterocycles. The van der Waals surface area contributed by atoms with E-state index in [0.717, 1.165) is 32.0 Å². The first-order valence-corrected chi connectivity index (χ1v) is 8.06. The van der Waals surface area contributed by atoms with Crippen molar-refractivity contribution < 1.29 is 5.11 Å². The Kier molecular flexibility index (Phi) is 5.19. The summed E-state index contributed by atoms with van der Waals surface area (Å²) in [5.74, 6) is 0.740. The fourth-order valence-electron chi connectivity index (χ4n) is 3.21. The molecule has 0 bridgehead atoms. The van der Waals surface area contributed by atoms with Crippen LogP contribution in [-0.2, 0) is 13.0 Å². The van der Waals surface area contributed by atoms with Gasteiger partial charge in [-0.1, -0.05) is 6.07 Å². The van der Waals surface area contributed by atoms with Crippen molar-refractivity contribution in [3.8, 4) is 0 Å². The summed E-state index contributed by atoms with van der Waals surface area (Å²) >= 11 is 0. The van der Waals surface area contributed by atoms with Crippen LogP contribution in [0.1, 0.15) is 18.4 Å². The van der Waals surface area contributed by atoms with Gasteiger partial charge in [0.1, 0.15) is 0 Å². The Morgan fingerprint density at radius 3 is 2.73 bits per heavy atom. The smallest absolute Gasteiger partial charge is 0.0862 e. The minimum atomic E-state index is -0.352. The van der Waals surface area contributed by atoms with Gasteiger partial charge >= 0.3 is 0 Å². The first-order chi connectivity index (χ1) is 10.8. The number of piperidine rings is 1. The lowest BCUT2D eigenvalue weighted by Gasteiger charge is -2.33. The van der Waals surface area contributed by atoms with E-state index < -0.39 is 0 Å². The minimum absolute atomic E-state index is 0.352. The van der Waals surface area contributed by atoms with E-state index in [0.29, 0.717) is 6.54 Å². The Morgan fingerprint density at radius 2 is 2.05 bits per heavy atom. The number of nitrogens with zero attached hydrogens (tertiary/aromatic N) is 4. The minimum Gasteiger partial charge on any atom is -0.390 e. The lowest BCUT2D eigenvalue weighted by Crippen LogP contribution is -2.40. The number of hydrogen-bond acceptors (Lipinski definition) is 4. The van der Waals surface area contributed by atoms with Gasteiger partial charge in [0, 0.05) is 31.3 Å². The summed E-state index contributed by atoms with van der Waals surface area (Å²) in [6.07, 6.45) is 10.6. The maximum atomic E-state index is 10.2. The predicted molar refractivity (Wildman–Crippen MR) is 85.3 cm³/mol. The molecule has 3 rings (SSSR count). The lowest BCUT2D eigenvalue weighted by molar-refractivity contribution is 0.0759. The number of hydrogen-bond donors (Lipinski definition) is 1. The van der Waals surface area contributed by atoms with Gasteiger partial charge in [-0.15, -0.1) is 0 Å².